The molecule has 10 heteroatoms. The Bertz CT molecular complexity index is 840. The van der Waals surface area contributed by atoms with Gasteiger partial charge in [0.05, 0.1) is 17.9 Å². The molecule has 0 bridgehead atoms. The number of halogens is 1. The van der Waals surface area contributed by atoms with Gasteiger partial charge in [-0.25, -0.2) is 4.98 Å². The van der Waals surface area contributed by atoms with Crippen LogP contribution in [-0.2, 0) is 4.79 Å². The van der Waals surface area contributed by atoms with Gasteiger partial charge < -0.3 is 26.6 Å². The van der Waals surface area contributed by atoms with Crippen LogP contribution in [0.4, 0.5) is 11.8 Å². The highest BCUT2D eigenvalue weighted by molar-refractivity contribution is 6.32. The molecule has 4 rings (SSSR count). The first-order chi connectivity index (χ1) is 15.0. The summed E-state index contributed by atoms with van der Waals surface area (Å²) in [6.45, 7) is 5.32. The first-order valence-electron chi connectivity index (χ1n) is 11.0. The Morgan fingerprint density at radius 3 is 2.68 bits per heavy atom. The standard InChI is InChI=1S/C21H31ClN8O/c1-13(31)30-11-14-6-17(7-15(14)12-30)27-20-19(22)10-26-21(29-20)28-18(8-23)9-25-16-2-4-24-5-3-16/h8-10,14-17,24H,2-7,11-12,23H2,1H3,(H2,26,27,28,29). The molecule has 2 unspecified atom stereocenters. The molecule has 5 N–H and O–H groups in total. The molecule has 2 aliphatic heterocycles. The molecule has 2 atom stereocenters. The van der Waals surface area contributed by atoms with Gasteiger partial charge >= 0.3 is 0 Å². The van der Waals surface area contributed by atoms with Crippen LogP contribution in [0, 0.1) is 11.8 Å². The molecule has 3 aliphatic rings. The monoisotopic (exact) mass is 446 g/mol. The molecular formula is C21H31ClN8O. The molecule has 1 aromatic rings. The fraction of sp³-hybridized carbons (Fsp3) is 0.619. The fourth-order valence-electron chi connectivity index (χ4n) is 4.78. The van der Waals surface area contributed by atoms with E-state index in [2.05, 4.69) is 30.9 Å². The first-order valence-corrected chi connectivity index (χ1v) is 11.4. The van der Waals surface area contributed by atoms with E-state index in [0.29, 0.717) is 40.4 Å². The third-order valence-electron chi connectivity index (χ3n) is 6.45. The summed E-state index contributed by atoms with van der Waals surface area (Å²) in [5.74, 6) is 2.27. The van der Waals surface area contributed by atoms with Gasteiger partial charge in [0.2, 0.25) is 11.9 Å². The average Bonchev–Trinajstić information content (AvgIpc) is 3.33. The Labute approximate surface area is 187 Å². The summed E-state index contributed by atoms with van der Waals surface area (Å²) in [5, 5.41) is 10.4. The van der Waals surface area contributed by atoms with Crippen molar-refractivity contribution in [2.75, 3.05) is 36.8 Å². The van der Waals surface area contributed by atoms with Crippen LogP contribution < -0.4 is 21.7 Å². The molecule has 1 amide bonds. The van der Waals surface area contributed by atoms with E-state index in [9.17, 15) is 4.79 Å². The van der Waals surface area contributed by atoms with Crippen LogP contribution >= 0.6 is 11.6 Å². The van der Waals surface area contributed by atoms with Gasteiger partial charge in [-0.3, -0.25) is 9.79 Å². The van der Waals surface area contributed by atoms with E-state index in [1.807, 2.05) is 4.90 Å². The summed E-state index contributed by atoms with van der Waals surface area (Å²) in [7, 11) is 0. The van der Waals surface area contributed by atoms with Crippen molar-refractivity contribution in [3.63, 3.8) is 0 Å². The summed E-state index contributed by atoms with van der Waals surface area (Å²) < 4.78 is 0. The van der Waals surface area contributed by atoms with Gasteiger partial charge in [0.1, 0.15) is 5.02 Å². The molecular weight excluding hydrogens is 416 g/mol. The van der Waals surface area contributed by atoms with Crippen molar-refractivity contribution < 1.29 is 4.79 Å². The smallest absolute Gasteiger partial charge is 0.229 e. The number of hydrogen-bond donors (Lipinski definition) is 4. The zero-order valence-corrected chi connectivity index (χ0v) is 18.6. The molecule has 2 saturated heterocycles. The number of aliphatic imine (C=N–C) groups is 1. The van der Waals surface area contributed by atoms with Crippen molar-refractivity contribution >= 4 is 35.5 Å². The molecule has 168 valence electrons. The lowest BCUT2D eigenvalue weighted by Gasteiger charge is -2.20. The zero-order valence-electron chi connectivity index (χ0n) is 17.9. The molecule has 1 saturated carbocycles. The van der Waals surface area contributed by atoms with E-state index in [-0.39, 0.29) is 11.9 Å². The van der Waals surface area contributed by atoms with Crippen molar-refractivity contribution in [2.45, 2.75) is 44.7 Å². The predicted octanol–water partition coefficient (Wildman–Crippen LogP) is 1.83. The topological polar surface area (TPSA) is 121 Å². The third-order valence-corrected chi connectivity index (χ3v) is 6.73. The number of carbonyl (C=O) groups excluding carboxylic acids is 1. The Morgan fingerprint density at radius 1 is 1.32 bits per heavy atom. The minimum atomic E-state index is 0.168. The quantitative estimate of drug-likeness (QED) is 0.492. The number of nitrogens with one attached hydrogen (secondary N) is 3. The number of amides is 1. The number of piperidine rings is 1. The lowest BCUT2D eigenvalue weighted by Crippen LogP contribution is -2.30. The number of anilines is 2. The van der Waals surface area contributed by atoms with Crippen LogP contribution in [0.3, 0.4) is 0 Å². The number of aromatic nitrogens is 2. The first kappa shape index (κ1) is 21.8. The van der Waals surface area contributed by atoms with E-state index < -0.39 is 0 Å². The highest BCUT2D eigenvalue weighted by Crippen LogP contribution is 2.39. The van der Waals surface area contributed by atoms with Crippen LogP contribution in [0.5, 0.6) is 0 Å². The van der Waals surface area contributed by atoms with Crippen molar-refractivity contribution in [1.29, 1.82) is 0 Å². The lowest BCUT2D eigenvalue weighted by atomic mass is 10.0. The average molecular weight is 447 g/mol. The third kappa shape index (κ3) is 5.46. The Kier molecular flexibility index (Phi) is 6.92. The number of fused-ring (bicyclic) bond motifs is 1. The largest absolute Gasteiger partial charge is 0.403 e. The second-order valence-corrected chi connectivity index (χ2v) is 9.06. The summed E-state index contributed by atoms with van der Waals surface area (Å²) in [5.41, 5.74) is 6.41. The van der Waals surface area contributed by atoms with E-state index in [4.69, 9.17) is 17.3 Å². The Hall–Kier alpha value is -2.39. The molecule has 0 radical (unpaired) electrons. The maximum absolute atomic E-state index is 11.6. The maximum Gasteiger partial charge on any atom is 0.229 e. The van der Waals surface area contributed by atoms with Crippen LogP contribution in [0.2, 0.25) is 5.02 Å². The minimum Gasteiger partial charge on any atom is -0.403 e. The van der Waals surface area contributed by atoms with Gasteiger partial charge in [-0.05, 0) is 50.6 Å². The summed E-state index contributed by atoms with van der Waals surface area (Å²) in [4.78, 5) is 27.0. The number of nitrogens with two attached hydrogens (primary N) is 1. The van der Waals surface area contributed by atoms with Gasteiger partial charge in [-0.1, -0.05) is 11.6 Å². The summed E-state index contributed by atoms with van der Waals surface area (Å²) >= 11 is 6.35. The zero-order chi connectivity index (χ0) is 21.8. The highest BCUT2D eigenvalue weighted by atomic mass is 35.5. The SMILES string of the molecule is CC(=O)N1CC2CC(Nc3nc(NC(C=NC4CCNCC4)=CN)ncc3Cl)CC2C1. The van der Waals surface area contributed by atoms with Gasteiger partial charge in [0.25, 0.3) is 0 Å². The lowest BCUT2D eigenvalue weighted by molar-refractivity contribution is -0.128. The van der Waals surface area contributed by atoms with E-state index in [1.165, 1.54) is 6.20 Å². The van der Waals surface area contributed by atoms with Gasteiger partial charge in [0, 0.05) is 38.5 Å². The number of rotatable bonds is 6. The van der Waals surface area contributed by atoms with Crippen molar-refractivity contribution in [3.05, 3.63) is 23.1 Å². The number of likely N-dealkylation sites (tertiary alicyclic amines) is 1. The highest BCUT2D eigenvalue weighted by Gasteiger charge is 2.41. The van der Waals surface area contributed by atoms with Gasteiger partial charge in [0.15, 0.2) is 5.82 Å². The van der Waals surface area contributed by atoms with Crippen LogP contribution in [0.25, 0.3) is 0 Å². The number of nitrogens with zero attached hydrogens (tertiary/aromatic N) is 4. The molecule has 3 heterocycles. The van der Waals surface area contributed by atoms with Crippen molar-refractivity contribution in [3.8, 4) is 0 Å². The molecule has 9 nitrogen and oxygen atoms in total. The molecule has 0 spiro atoms. The molecule has 0 aromatic carbocycles. The molecule has 1 aromatic heterocycles. The van der Waals surface area contributed by atoms with E-state index in [0.717, 1.165) is 51.9 Å². The van der Waals surface area contributed by atoms with Gasteiger partial charge in [-0.2, -0.15) is 4.98 Å². The fourth-order valence-corrected chi connectivity index (χ4v) is 4.93. The second kappa shape index (κ2) is 9.82. The maximum atomic E-state index is 11.6. The van der Waals surface area contributed by atoms with Gasteiger partial charge in [-0.15, -0.1) is 0 Å². The van der Waals surface area contributed by atoms with Crippen LogP contribution in [0.1, 0.15) is 32.6 Å². The van der Waals surface area contributed by atoms with E-state index in [1.54, 1.807) is 19.3 Å². The number of hydrogen-bond acceptors (Lipinski definition) is 8. The molecule has 3 fully saturated rings. The van der Waals surface area contributed by atoms with Crippen LogP contribution in [0.15, 0.2) is 23.1 Å². The molecule has 31 heavy (non-hydrogen) atoms. The second-order valence-electron chi connectivity index (χ2n) is 8.65. The summed E-state index contributed by atoms with van der Waals surface area (Å²) in [6.07, 6.45) is 8.86. The Morgan fingerprint density at radius 2 is 2.03 bits per heavy atom. The number of carbonyl (C=O) groups is 1. The normalized spacial score (nSPS) is 27.0. The Balaban J connectivity index is 1.35. The summed E-state index contributed by atoms with van der Waals surface area (Å²) in [6, 6.07) is 0.595. The molecule has 1 aliphatic carbocycles. The van der Waals surface area contributed by atoms with E-state index >= 15 is 0 Å². The number of allylic oxidation sites excluding steroid dienone is 1. The van der Waals surface area contributed by atoms with Crippen molar-refractivity contribution in [1.82, 2.24) is 20.2 Å². The minimum absolute atomic E-state index is 0.168. The predicted molar refractivity (Wildman–Crippen MR) is 123 cm³/mol. The van der Waals surface area contributed by atoms with Crippen LogP contribution in [-0.4, -0.2) is 65.3 Å². The van der Waals surface area contributed by atoms with Crippen molar-refractivity contribution in [2.24, 2.45) is 22.6 Å².